The molecular formula is C22H23NO5. The van der Waals surface area contributed by atoms with Crippen molar-refractivity contribution in [2.24, 2.45) is 0 Å². The second kappa shape index (κ2) is 7.64. The smallest absolute Gasteiger partial charge is 0.337 e. The maximum Gasteiger partial charge on any atom is 0.337 e. The fraction of sp³-hybridized carbons (Fsp3) is 0.364. The van der Waals surface area contributed by atoms with Gasteiger partial charge in [0.25, 0.3) is 0 Å². The Kier molecular flexibility index (Phi) is 5.05. The highest BCUT2D eigenvalue weighted by Gasteiger charge is 2.23. The van der Waals surface area contributed by atoms with Gasteiger partial charge in [0.1, 0.15) is 6.61 Å². The Morgan fingerprint density at radius 2 is 1.93 bits per heavy atom. The molecule has 0 N–H and O–H groups in total. The molecule has 1 fully saturated rings. The Bertz CT molecular complexity index is 1050. The number of methoxy groups -OCH3 is 1. The summed E-state index contributed by atoms with van der Waals surface area (Å²) in [7, 11) is 1.39. The number of hydrogen-bond donors (Lipinski definition) is 0. The highest BCUT2D eigenvalue weighted by molar-refractivity contribution is 6.11. The van der Waals surface area contributed by atoms with E-state index < -0.39 is 0 Å². The zero-order valence-electron chi connectivity index (χ0n) is 16.1. The van der Waals surface area contributed by atoms with Crippen molar-refractivity contribution in [3.05, 3.63) is 47.5 Å². The summed E-state index contributed by atoms with van der Waals surface area (Å²) in [5.74, 6) is -0.663. The molecule has 6 nitrogen and oxygen atoms in total. The average molecular weight is 381 g/mol. The molecule has 1 saturated heterocycles. The molecule has 146 valence electrons. The van der Waals surface area contributed by atoms with Crippen molar-refractivity contribution >= 4 is 33.7 Å². The molecule has 0 unspecified atom stereocenters. The van der Waals surface area contributed by atoms with Gasteiger partial charge in [-0.1, -0.05) is 18.2 Å². The number of esters is 2. The molecule has 0 bridgehead atoms. The number of rotatable bonds is 4. The lowest BCUT2D eigenvalue weighted by atomic mass is 10.1. The van der Waals surface area contributed by atoms with Crippen molar-refractivity contribution in [1.82, 2.24) is 4.57 Å². The summed E-state index contributed by atoms with van der Waals surface area (Å²) in [4.78, 5) is 23.4. The SMILES string of the molecule is COC(=O)c1ccc2c3c(COC(C)=O)cccc3n(C3CCOCC3)c2c1. The van der Waals surface area contributed by atoms with Crippen molar-refractivity contribution in [3.8, 4) is 0 Å². The lowest BCUT2D eigenvalue weighted by Crippen LogP contribution is -2.19. The van der Waals surface area contributed by atoms with Crippen LogP contribution in [0.15, 0.2) is 36.4 Å². The number of carbonyl (C=O) groups is 2. The van der Waals surface area contributed by atoms with Crippen molar-refractivity contribution in [1.29, 1.82) is 0 Å². The van der Waals surface area contributed by atoms with Crippen molar-refractivity contribution in [2.75, 3.05) is 20.3 Å². The molecule has 0 saturated carbocycles. The molecule has 1 aromatic heterocycles. The number of aromatic nitrogens is 1. The highest BCUT2D eigenvalue weighted by Crippen LogP contribution is 2.37. The van der Waals surface area contributed by atoms with E-state index in [1.54, 1.807) is 6.07 Å². The van der Waals surface area contributed by atoms with E-state index in [0.29, 0.717) is 5.56 Å². The van der Waals surface area contributed by atoms with Gasteiger partial charge in [-0.3, -0.25) is 4.79 Å². The van der Waals surface area contributed by atoms with E-state index in [9.17, 15) is 9.59 Å². The zero-order valence-corrected chi connectivity index (χ0v) is 16.1. The number of benzene rings is 2. The third-order valence-corrected chi connectivity index (χ3v) is 5.32. The summed E-state index contributed by atoms with van der Waals surface area (Å²) in [6, 6.07) is 12.0. The number of hydrogen-bond acceptors (Lipinski definition) is 5. The Morgan fingerprint density at radius 1 is 1.14 bits per heavy atom. The molecule has 2 aromatic carbocycles. The lowest BCUT2D eigenvalue weighted by molar-refractivity contribution is -0.142. The molecule has 1 aliphatic heterocycles. The van der Waals surface area contributed by atoms with Gasteiger partial charge in [0.2, 0.25) is 0 Å². The first-order valence-corrected chi connectivity index (χ1v) is 9.45. The van der Waals surface area contributed by atoms with E-state index in [1.165, 1.54) is 14.0 Å². The summed E-state index contributed by atoms with van der Waals surface area (Å²) >= 11 is 0. The van der Waals surface area contributed by atoms with Crippen LogP contribution in [-0.2, 0) is 25.6 Å². The van der Waals surface area contributed by atoms with E-state index in [1.807, 2.05) is 24.3 Å². The van der Waals surface area contributed by atoms with E-state index >= 15 is 0 Å². The van der Waals surface area contributed by atoms with E-state index in [-0.39, 0.29) is 24.6 Å². The van der Waals surface area contributed by atoms with Crippen LogP contribution >= 0.6 is 0 Å². The molecule has 0 radical (unpaired) electrons. The molecule has 1 aliphatic rings. The van der Waals surface area contributed by atoms with Crippen LogP contribution in [0.3, 0.4) is 0 Å². The topological polar surface area (TPSA) is 66.8 Å². The quantitative estimate of drug-likeness (QED) is 0.639. The summed E-state index contributed by atoms with van der Waals surface area (Å²) < 4.78 is 18.0. The van der Waals surface area contributed by atoms with Crippen LogP contribution in [0.25, 0.3) is 21.8 Å². The van der Waals surface area contributed by atoms with Crippen LogP contribution in [0.1, 0.15) is 41.7 Å². The Labute approximate surface area is 163 Å². The Balaban J connectivity index is 1.97. The first-order chi connectivity index (χ1) is 13.6. The normalized spacial score (nSPS) is 15.1. The number of carbonyl (C=O) groups excluding carboxylic acids is 2. The number of nitrogens with zero attached hydrogens (tertiary/aromatic N) is 1. The molecular weight excluding hydrogens is 358 g/mol. The second-order valence-corrected chi connectivity index (χ2v) is 7.03. The zero-order chi connectivity index (χ0) is 19.7. The van der Waals surface area contributed by atoms with Gasteiger partial charge in [-0.25, -0.2) is 4.79 Å². The van der Waals surface area contributed by atoms with Gasteiger partial charge in [-0.15, -0.1) is 0 Å². The standard InChI is InChI=1S/C22H23NO5/c1-14(24)28-13-16-4-3-5-19-21(16)18-7-6-15(22(25)26-2)12-20(18)23(19)17-8-10-27-11-9-17/h3-7,12,17H,8-11,13H2,1-2H3. The first-order valence-electron chi connectivity index (χ1n) is 9.45. The molecule has 4 rings (SSSR count). The molecule has 0 atom stereocenters. The minimum absolute atomic E-state index is 0.221. The van der Waals surface area contributed by atoms with Crippen LogP contribution in [0.2, 0.25) is 0 Å². The predicted octanol–water partition coefficient (Wildman–Crippen LogP) is 4.00. The van der Waals surface area contributed by atoms with E-state index in [2.05, 4.69) is 10.6 Å². The van der Waals surface area contributed by atoms with Crippen molar-refractivity contribution in [2.45, 2.75) is 32.4 Å². The van der Waals surface area contributed by atoms with Gasteiger partial charge in [-0.05, 0) is 36.6 Å². The molecule has 0 spiro atoms. The molecule has 2 heterocycles. The van der Waals surface area contributed by atoms with Gasteiger partial charge in [0.05, 0.1) is 18.2 Å². The van der Waals surface area contributed by atoms with Gasteiger partial charge in [0.15, 0.2) is 0 Å². The van der Waals surface area contributed by atoms with Crippen molar-refractivity contribution in [3.63, 3.8) is 0 Å². The van der Waals surface area contributed by atoms with Crippen LogP contribution in [0, 0.1) is 0 Å². The van der Waals surface area contributed by atoms with Gasteiger partial charge >= 0.3 is 11.9 Å². The maximum atomic E-state index is 12.1. The van der Waals surface area contributed by atoms with E-state index in [4.69, 9.17) is 14.2 Å². The Morgan fingerprint density at radius 3 is 2.64 bits per heavy atom. The summed E-state index contributed by atoms with van der Waals surface area (Å²) in [6.07, 6.45) is 1.82. The molecule has 0 aliphatic carbocycles. The summed E-state index contributed by atoms with van der Waals surface area (Å²) in [6.45, 7) is 3.07. The minimum Gasteiger partial charge on any atom is -0.465 e. The minimum atomic E-state index is -0.356. The first kappa shape index (κ1) is 18.5. The third kappa shape index (κ3) is 3.24. The highest BCUT2D eigenvalue weighted by atomic mass is 16.5. The molecule has 0 amide bonds. The van der Waals surface area contributed by atoms with Gasteiger partial charge in [-0.2, -0.15) is 0 Å². The Hall–Kier alpha value is -2.86. The second-order valence-electron chi connectivity index (χ2n) is 7.03. The molecule has 3 aromatic rings. The number of ether oxygens (including phenoxy) is 3. The molecule has 28 heavy (non-hydrogen) atoms. The fourth-order valence-electron chi connectivity index (χ4n) is 4.05. The van der Waals surface area contributed by atoms with Crippen LogP contribution < -0.4 is 0 Å². The van der Waals surface area contributed by atoms with Gasteiger partial charge in [0, 0.05) is 42.5 Å². The van der Waals surface area contributed by atoms with E-state index in [0.717, 1.165) is 53.4 Å². The largest absolute Gasteiger partial charge is 0.465 e. The predicted molar refractivity (Wildman–Crippen MR) is 105 cm³/mol. The van der Waals surface area contributed by atoms with Crippen molar-refractivity contribution < 1.29 is 23.8 Å². The van der Waals surface area contributed by atoms with Crippen LogP contribution in [-0.4, -0.2) is 36.8 Å². The monoisotopic (exact) mass is 381 g/mol. The average Bonchev–Trinajstić information content (AvgIpc) is 3.06. The third-order valence-electron chi connectivity index (χ3n) is 5.32. The van der Waals surface area contributed by atoms with Gasteiger partial charge < -0.3 is 18.8 Å². The summed E-state index contributed by atoms with van der Waals surface area (Å²) in [5.41, 5.74) is 3.54. The molecule has 6 heteroatoms. The fourth-order valence-corrected chi connectivity index (χ4v) is 4.05. The summed E-state index contributed by atoms with van der Waals surface area (Å²) in [5, 5.41) is 2.10. The van der Waals surface area contributed by atoms with Crippen LogP contribution in [0.4, 0.5) is 0 Å². The maximum absolute atomic E-state index is 12.1. The number of fused-ring (bicyclic) bond motifs is 3. The lowest BCUT2D eigenvalue weighted by Gasteiger charge is -2.25. The van der Waals surface area contributed by atoms with Crippen LogP contribution in [0.5, 0.6) is 0 Å².